The van der Waals surface area contributed by atoms with Crippen LogP contribution in [0.15, 0.2) is 30.3 Å². The first-order valence-corrected chi connectivity index (χ1v) is 6.69. The summed E-state index contributed by atoms with van der Waals surface area (Å²) in [5, 5.41) is 9.25. The molecule has 4 N–H and O–H groups in total. The van der Waals surface area contributed by atoms with Crippen molar-refractivity contribution in [3.8, 4) is 11.3 Å². The minimum Gasteiger partial charge on any atom is -0.369 e. The van der Waals surface area contributed by atoms with Gasteiger partial charge in [0.1, 0.15) is 11.5 Å². The smallest absolute Gasteiger partial charge is 0.269 e. The molecular formula is C15H17FN4O2. The molecule has 0 fully saturated rings. The largest absolute Gasteiger partial charge is 0.369 e. The van der Waals surface area contributed by atoms with Crippen molar-refractivity contribution in [3.05, 3.63) is 41.8 Å². The summed E-state index contributed by atoms with van der Waals surface area (Å²) >= 11 is 0. The van der Waals surface area contributed by atoms with Crippen molar-refractivity contribution in [2.75, 3.05) is 6.54 Å². The second-order valence-electron chi connectivity index (χ2n) is 5.60. The summed E-state index contributed by atoms with van der Waals surface area (Å²) in [6.07, 6.45) is 0. The van der Waals surface area contributed by atoms with E-state index in [0.717, 1.165) is 0 Å². The maximum absolute atomic E-state index is 12.9. The molecular weight excluding hydrogens is 287 g/mol. The molecule has 6 nitrogen and oxygen atoms in total. The van der Waals surface area contributed by atoms with Crippen LogP contribution < -0.4 is 11.1 Å². The van der Waals surface area contributed by atoms with Gasteiger partial charge in [-0.05, 0) is 44.2 Å². The average molecular weight is 304 g/mol. The SMILES string of the molecule is CC(C)(CNC(=O)c1cc(-c2ccc(F)cc2)n[nH]1)C(N)=O. The highest BCUT2D eigenvalue weighted by Gasteiger charge is 2.26. The minimum absolute atomic E-state index is 0.117. The van der Waals surface area contributed by atoms with Crippen LogP contribution in [-0.2, 0) is 4.79 Å². The molecule has 0 aliphatic carbocycles. The number of amides is 2. The fourth-order valence-electron chi connectivity index (χ4n) is 1.69. The Labute approximate surface area is 126 Å². The highest BCUT2D eigenvalue weighted by atomic mass is 19.1. The zero-order chi connectivity index (χ0) is 16.3. The van der Waals surface area contributed by atoms with Gasteiger partial charge in [-0.15, -0.1) is 0 Å². The van der Waals surface area contributed by atoms with E-state index in [1.165, 1.54) is 12.1 Å². The van der Waals surface area contributed by atoms with E-state index >= 15 is 0 Å². The van der Waals surface area contributed by atoms with Gasteiger partial charge < -0.3 is 11.1 Å². The van der Waals surface area contributed by atoms with Gasteiger partial charge >= 0.3 is 0 Å². The number of hydrogen-bond acceptors (Lipinski definition) is 3. The topological polar surface area (TPSA) is 101 Å². The number of rotatable bonds is 5. The van der Waals surface area contributed by atoms with Gasteiger partial charge in [0.25, 0.3) is 5.91 Å². The third-order valence-corrected chi connectivity index (χ3v) is 3.32. The number of nitrogens with zero attached hydrogens (tertiary/aromatic N) is 1. The minimum atomic E-state index is -0.838. The number of nitrogens with two attached hydrogens (primary N) is 1. The van der Waals surface area contributed by atoms with E-state index in [-0.39, 0.29) is 18.1 Å². The van der Waals surface area contributed by atoms with E-state index in [1.54, 1.807) is 32.0 Å². The number of benzene rings is 1. The molecule has 0 saturated heterocycles. The number of aromatic nitrogens is 2. The lowest BCUT2D eigenvalue weighted by molar-refractivity contribution is -0.125. The van der Waals surface area contributed by atoms with Crippen LogP contribution in [0.2, 0.25) is 0 Å². The predicted octanol–water partition coefficient (Wildman–Crippen LogP) is 1.46. The third kappa shape index (κ3) is 3.49. The van der Waals surface area contributed by atoms with Crippen molar-refractivity contribution in [2.24, 2.45) is 11.1 Å². The van der Waals surface area contributed by atoms with Gasteiger partial charge in [0, 0.05) is 12.1 Å². The second kappa shape index (κ2) is 5.97. The molecule has 0 spiro atoms. The molecule has 0 atom stereocenters. The van der Waals surface area contributed by atoms with E-state index in [2.05, 4.69) is 15.5 Å². The summed E-state index contributed by atoms with van der Waals surface area (Å²) in [6, 6.07) is 7.34. The van der Waals surface area contributed by atoms with Crippen molar-refractivity contribution >= 4 is 11.8 Å². The van der Waals surface area contributed by atoms with Crippen LogP contribution in [-0.4, -0.2) is 28.6 Å². The Morgan fingerprint density at radius 3 is 2.55 bits per heavy atom. The molecule has 0 saturated carbocycles. The normalized spacial score (nSPS) is 11.2. The van der Waals surface area contributed by atoms with Gasteiger partial charge in [0.05, 0.1) is 11.1 Å². The standard InChI is InChI=1S/C15H17FN4O2/c1-15(2,14(17)22)8-18-13(21)12-7-11(19-20-12)9-3-5-10(16)6-4-9/h3-7H,8H2,1-2H3,(H2,17,22)(H,18,21)(H,19,20). The molecule has 0 aliphatic rings. The summed E-state index contributed by atoms with van der Waals surface area (Å²) in [5.74, 6) is -1.23. The van der Waals surface area contributed by atoms with E-state index in [0.29, 0.717) is 11.3 Å². The zero-order valence-electron chi connectivity index (χ0n) is 12.3. The Kier molecular flexibility index (Phi) is 4.25. The maximum atomic E-state index is 12.9. The summed E-state index contributed by atoms with van der Waals surface area (Å²) < 4.78 is 12.9. The number of hydrogen-bond donors (Lipinski definition) is 3. The van der Waals surface area contributed by atoms with Gasteiger partial charge in [0.15, 0.2) is 0 Å². The summed E-state index contributed by atoms with van der Waals surface area (Å²) in [7, 11) is 0. The third-order valence-electron chi connectivity index (χ3n) is 3.32. The highest BCUT2D eigenvalue weighted by molar-refractivity contribution is 5.93. The average Bonchev–Trinajstić information content (AvgIpc) is 2.95. The second-order valence-corrected chi connectivity index (χ2v) is 5.60. The number of aromatic amines is 1. The number of carbonyl (C=O) groups excluding carboxylic acids is 2. The molecule has 7 heteroatoms. The number of carbonyl (C=O) groups is 2. The van der Waals surface area contributed by atoms with Crippen molar-refractivity contribution in [2.45, 2.75) is 13.8 Å². The lowest BCUT2D eigenvalue weighted by Crippen LogP contribution is -2.42. The Morgan fingerprint density at radius 2 is 1.95 bits per heavy atom. The van der Waals surface area contributed by atoms with Crippen molar-refractivity contribution < 1.29 is 14.0 Å². The van der Waals surface area contributed by atoms with Crippen molar-refractivity contribution in [1.82, 2.24) is 15.5 Å². The number of halogens is 1. The van der Waals surface area contributed by atoms with E-state index < -0.39 is 17.2 Å². The van der Waals surface area contributed by atoms with Crippen molar-refractivity contribution in [3.63, 3.8) is 0 Å². The first kappa shape index (κ1) is 15.7. The number of H-pyrrole nitrogens is 1. The Morgan fingerprint density at radius 1 is 1.32 bits per heavy atom. The maximum Gasteiger partial charge on any atom is 0.269 e. The van der Waals surface area contributed by atoms with Crippen LogP contribution in [0.25, 0.3) is 11.3 Å². The zero-order valence-corrected chi connectivity index (χ0v) is 12.3. The summed E-state index contributed by atoms with van der Waals surface area (Å²) in [6.45, 7) is 3.41. The van der Waals surface area contributed by atoms with Gasteiger partial charge in [-0.1, -0.05) is 0 Å². The fraction of sp³-hybridized carbons (Fsp3) is 0.267. The number of nitrogens with one attached hydrogen (secondary N) is 2. The molecule has 2 amide bonds. The van der Waals surface area contributed by atoms with Crippen molar-refractivity contribution in [1.29, 1.82) is 0 Å². The molecule has 0 radical (unpaired) electrons. The first-order chi connectivity index (χ1) is 10.3. The lowest BCUT2D eigenvalue weighted by Gasteiger charge is -2.20. The highest BCUT2D eigenvalue weighted by Crippen LogP contribution is 2.18. The van der Waals surface area contributed by atoms with Gasteiger partial charge in [-0.3, -0.25) is 14.7 Å². The van der Waals surface area contributed by atoms with E-state index in [9.17, 15) is 14.0 Å². The lowest BCUT2D eigenvalue weighted by atomic mass is 9.93. The van der Waals surface area contributed by atoms with Crippen LogP contribution in [0.4, 0.5) is 4.39 Å². The molecule has 0 aliphatic heterocycles. The van der Waals surface area contributed by atoms with Crippen LogP contribution >= 0.6 is 0 Å². The number of primary amides is 1. The molecule has 1 aromatic heterocycles. The predicted molar refractivity (Wildman–Crippen MR) is 79.3 cm³/mol. The Hall–Kier alpha value is -2.70. The monoisotopic (exact) mass is 304 g/mol. The van der Waals surface area contributed by atoms with Crippen LogP contribution in [0.5, 0.6) is 0 Å². The molecule has 1 heterocycles. The van der Waals surface area contributed by atoms with Gasteiger partial charge in [-0.2, -0.15) is 5.10 Å². The van der Waals surface area contributed by atoms with Crippen LogP contribution in [0.1, 0.15) is 24.3 Å². The molecule has 0 bridgehead atoms. The van der Waals surface area contributed by atoms with E-state index in [1.807, 2.05) is 0 Å². The molecule has 1 aromatic carbocycles. The van der Waals surface area contributed by atoms with Gasteiger partial charge in [-0.25, -0.2) is 4.39 Å². The van der Waals surface area contributed by atoms with Gasteiger partial charge in [0.2, 0.25) is 5.91 Å². The van der Waals surface area contributed by atoms with E-state index in [4.69, 9.17) is 5.73 Å². The molecule has 0 unspecified atom stereocenters. The molecule has 2 aromatic rings. The van der Waals surface area contributed by atoms with Crippen LogP contribution in [0.3, 0.4) is 0 Å². The van der Waals surface area contributed by atoms with Crippen LogP contribution in [0, 0.1) is 11.2 Å². The first-order valence-electron chi connectivity index (χ1n) is 6.69. The fourth-order valence-corrected chi connectivity index (χ4v) is 1.69. The molecule has 116 valence electrons. The Balaban J connectivity index is 2.06. The quantitative estimate of drug-likeness (QED) is 0.779. The Bertz CT molecular complexity index is 692. The summed E-state index contributed by atoms with van der Waals surface area (Å²) in [5.41, 5.74) is 5.87. The molecule has 2 rings (SSSR count). The molecule has 22 heavy (non-hydrogen) atoms. The summed E-state index contributed by atoms with van der Waals surface area (Å²) in [4.78, 5) is 23.2.